The number of nitro groups is 1. The van der Waals surface area contributed by atoms with E-state index in [1.165, 1.54) is 37.1 Å². The average molecular weight is 356 g/mol. The summed E-state index contributed by atoms with van der Waals surface area (Å²) in [6.07, 6.45) is 0.351. The van der Waals surface area contributed by atoms with E-state index >= 15 is 0 Å². The van der Waals surface area contributed by atoms with Crippen LogP contribution in [0.4, 0.5) is 5.69 Å². The molecule has 0 aromatic heterocycles. The van der Waals surface area contributed by atoms with E-state index in [1.54, 1.807) is 0 Å². The number of aliphatic carboxylic acids is 1. The fourth-order valence-electron chi connectivity index (χ4n) is 2.24. The van der Waals surface area contributed by atoms with Crippen molar-refractivity contribution >= 4 is 29.3 Å². The van der Waals surface area contributed by atoms with Gasteiger partial charge in [-0.25, -0.2) is 4.79 Å². The number of amides is 1. The Morgan fingerprint density at radius 1 is 1.50 bits per heavy atom. The Morgan fingerprint density at radius 3 is 2.79 bits per heavy atom. The third-order valence-electron chi connectivity index (χ3n) is 3.53. The van der Waals surface area contributed by atoms with E-state index in [0.29, 0.717) is 17.9 Å². The number of methoxy groups -OCH3 is 1. The van der Waals surface area contributed by atoms with E-state index in [4.69, 9.17) is 9.47 Å². The molecule has 1 amide bonds. The molecule has 1 fully saturated rings. The number of carbonyl (C=O) groups is 2. The Bertz CT molecular complexity index is 659. The van der Waals surface area contributed by atoms with Crippen molar-refractivity contribution in [1.29, 1.82) is 0 Å². The van der Waals surface area contributed by atoms with Crippen LogP contribution in [0.2, 0.25) is 0 Å². The number of nitrogens with zero attached hydrogens (tertiary/aromatic N) is 1. The van der Waals surface area contributed by atoms with Gasteiger partial charge in [0.05, 0.1) is 12.0 Å². The van der Waals surface area contributed by atoms with Crippen LogP contribution in [0, 0.1) is 10.1 Å². The van der Waals surface area contributed by atoms with E-state index in [9.17, 15) is 24.8 Å². The van der Waals surface area contributed by atoms with Gasteiger partial charge in [0.25, 0.3) is 5.91 Å². The van der Waals surface area contributed by atoms with Crippen molar-refractivity contribution < 1.29 is 29.1 Å². The van der Waals surface area contributed by atoms with Crippen LogP contribution in [0.25, 0.3) is 0 Å². The van der Waals surface area contributed by atoms with Gasteiger partial charge in [0, 0.05) is 17.9 Å². The van der Waals surface area contributed by atoms with Gasteiger partial charge in [-0.3, -0.25) is 14.9 Å². The Kier molecular flexibility index (Phi) is 5.50. The minimum Gasteiger partial charge on any atom is -0.490 e. The molecule has 0 bridgehead atoms. The van der Waals surface area contributed by atoms with Crippen molar-refractivity contribution in [2.24, 2.45) is 0 Å². The Labute approximate surface area is 141 Å². The van der Waals surface area contributed by atoms with Crippen LogP contribution < -0.4 is 14.8 Å². The lowest BCUT2D eigenvalue weighted by Crippen LogP contribution is -2.55. The van der Waals surface area contributed by atoms with Gasteiger partial charge in [0.2, 0.25) is 5.75 Å². The Morgan fingerprint density at radius 2 is 2.25 bits per heavy atom. The normalized spacial score (nSPS) is 19.5. The number of rotatable bonds is 7. The molecule has 1 unspecified atom stereocenters. The van der Waals surface area contributed by atoms with Gasteiger partial charge in [0.1, 0.15) is 11.3 Å². The third-order valence-corrected chi connectivity index (χ3v) is 4.72. The molecule has 0 aliphatic carbocycles. The van der Waals surface area contributed by atoms with Gasteiger partial charge in [-0.15, -0.1) is 0 Å². The largest absolute Gasteiger partial charge is 0.490 e. The quantitative estimate of drug-likeness (QED) is 0.548. The summed E-state index contributed by atoms with van der Waals surface area (Å²) in [5.41, 5.74) is -1.49. The zero-order valence-corrected chi connectivity index (χ0v) is 13.6. The van der Waals surface area contributed by atoms with Crippen LogP contribution in [0.15, 0.2) is 18.2 Å². The predicted molar refractivity (Wildman–Crippen MR) is 85.6 cm³/mol. The summed E-state index contributed by atoms with van der Waals surface area (Å²) in [6, 6.07) is 3.84. The number of hydrogen-bond donors (Lipinski definition) is 2. The molecule has 130 valence electrons. The molecule has 0 spiro atoms. The zero-order valence-electron chi connectivity index (χ0n) is 12.8. The summed E-state index contributed by atoms with van der Waals surface area (Å²) in [5.74, 6) is -0.466. The van der Waals surface area contributed by atoms with Gasteiger partial charge >= 0.3 is 11.7 Å². The molecule has 1 aromatic rings. The first-order chi connectivity index (χ1) is 11.4. The Balaban J connectivity index is 1.99. The number of ether oxygens (including phenoxy) is 2. The molecule has 10 heteroatoms. The first kappa shape index (κ1) is 17.9. The van der Waals surface area contributed by atoms with Gasteiger partial charge in [0.15, 0.2) is 6.61 Å². The lowest BCUT2D eigenvalue weighted by molar-refractivity contribution is -0.385. The van der Waals surface area contributed by atoms with E-state index in [-0.39, 0.29) is 17.2 Å². The van der Waals surface area contributed by atoms with E-state index < -0.39 is 28.9 Å². The van der Waals surface area contributed by atoms with Crippen LogP contribution in [0.1, 0.15) is 6.42 Å². The van der Waals surface area contributed by atoms with E-state index in [2.05, 4.69) is 5.32 Å². The molecule has 24 heavy (non-hydrogen) atoms. The number of benzene rings is 1. The predicted octanol–water partition coefficient (Wildman–Crippen LogP) is 1.06. The van der Waals surface area contributed by atoms with Gasteiger partial charge in [-0.2, -0.15) is 11.8 Å². The highest BCUT2D eigenvalue weighted by molar-refractivity contribution is 7.99. The lowest BCUT2D eigenvalue weighted by Gasteiger charge is -2.24. The molecule has 1 saturated heterocycles. The summed E-state index contributed by atoms with van der Waals surface area (Å²) in [6.45, 7) is -0.402. The minimum atomic E-state index is -1.27. The SMILES string of the molecule is COc1cc(OCC(=O)NC2(C(=O)O)CCSC2)ccc1[N+](=O)[O-]. The van der Waals surface area contributed by atoms with Crippen molar-refractivity contribution in [1.82, 2.24) is 5.32 Å². The maximum Gasteiger partial charge on any atom is 0.330 e. The summed E-state index contributed by atoms with van der Waals surface area (Å²) in [4.78, 5) is 33.6. The number of nitro benzene ring substituents is 1. The number of hydrogen-bond acceptors (Lipinski definition) is 7. The first-order valence-corrected chi connectivity index (χ1v) is 8.11. The number of carboxylic acids is 1. The van der Waals surface area contributed by atoms with Crippen molar-refractivity contribution in [2.45, 2.75) is 12.0 Å². The molecule has 1 aliphatic rings. The van der Waals surface area contributed by atoms with Crippen molar-refractivity contribution in [2.75, 3.05) is 25.2 Å². The number of carboxylic acid groups (broad SMARTS) is 1. The van der Waals surface area contributed by atoms with Crippen LogP contribution in [-0.4, -0.2) is 52.7 Å². The second-order valence-corrected chi connectivity index (χ2v) is 6.22. The maximum atomic E-state index is 12.0. The van der Waals surface area contributed by atoms with E-state index in [1.807, 2.05) is 0 Å². The summed E-state index contributed by atoms with van der Waals surface area (Å²) >= 11 is 1.46. The molecule has 0 radical (unpaired) electrons. The number of thioether (sulfide) groups is 1. The topological polar surface area (TPSA) is 128 Å². The molecule has 1 aliphatic heterocycles. The molecule has 0 saturated carbocycles. The second-order valence-electron chi connectivity index (χ2n) is 5.12. The van der Waals surface area contributed by atoms with Crippen molar-refractivity contribution in [3.05, 3.63) is 28.3 Å². The third kappa shape index (κ3) is 3.88. The number of nitrogens with one attached hydrogen (secondary N) is 1. The van der Waals surface area contributed by atoms with Crippen LogP contribution >= 0.6 is 11.8 Å². The molecule has 2 rings (SSSR count). The van der Waals surface area contributed by atoms with E-state index in [0.717, 1.165) is 0 Å². The molecular weight excluding hydrogens is 340 g/mol. The highest BCUT2D eigenvalue weighted by atomic mass is 32.2. The maximum absolute atomic E-state index is 12.0. The molecular formula is C14H16N2O7S. The van der Waals surface area contributed by atoms with Crippen molar-refractivity contribution in [3.8, 4) is 11.5 Å². The number of carbonyl (C=O) groups excluding carboxylic acids is 1. The fourth-order valence-corrected chi connectivity index (χ4v) is 3.56. The smallest absolute Gasteiger partial charge is 0.330 e. The van der Waals surface area contributed by atoms with Crippen molar-refractivity contribution in [3.63, 3.8) is 0 Å². The standard InChI is InChI=1S/C14H16N2O7S/c1-22-11-6-9(2-3-10(11)16(20)21)23-7-12(17)15-14(13(18)19)4-5-24-8-14/h2-3,6H,4-5,7-8H2,1H3,(H,15,17)(H,18,19). The second kappa shape index (κ2) is 7.39. The summed E-state index contributed by atoms with van der Waals surface area (Å²) in [7, 11) is 1.28. The average Bonchev–Trinajstić information content (AvgIpc) is 3.02. The zero-order chi connectivity index (χ0) is 17.7. The molecule has 2 N–H and O–H groups in total. The molecule has 1 atom stereocenters. The Hall–Kier alpha value is -2.49. The van der Waals surface area contributed by atoms with Gasteiger partial charge < -0.3 is 19.9 Å². The van der Waals surface area contributed by atoms with Crippen LogP contribution in [-0.2, 0) is 9.59 Å². The lowest BCUT2D eigenvalue weighted by atomic mass is 9.99. The highest BCUT2D eigenvalue weighted by Crippen LogP contribution is 2.31. The minimum absolute atomic E-state index is 0.00658. The van der Waals surface area contributed by atoms with Crippen LogP contribution in [0.5, 0.6) is 11.5 Å². The van der Waals surface area contributed by atoms with Gasteiger partial charge in [-0.1, -0.05) is 0 Å². The first-order valence-electron chi connectivity index (χ1n) is 6.95. The monoisotopic (exact) mass is 356 g/mol. The highest BCUT2D eigenvalue weighted by Gasteiger charge is 2.43. The summed E-state index contributed by atoms with van der Waals surface area (Å²) in [5, 5.41) is 22.6. The van der Waals surface area contributed by atoms with Gasteiger partial charge in [-0.05, 0) is 18.2 Å². The molecule has 1 aromatic carbocycles. The fraction of sp³-hybridized carbons (Fsp3) is 0.429. The van der Waals surface area contributed by atoms with Crippen LogP contribution in [0.3, 0.4) is 0 Å². The summed E-state index contributed by atoms with van der Waals surface area (Å²) < 4.78 is 10.2. The molecule has 1 heterocycles. The molecule has 9 nitrogen and oxygen atoms in total.